The molecule has 32 heavy (non-hydrogen) atoms. The zero-order valence-electron chi connectivity index (χ0n) is 19.3. The Labute approximate surface area is 195 Å². The molecule has 174 valence electrons. The highest BCUT2D eigenvalue weighted by atomic mass is 32.1. The summed E-state index contributed by atoms with van der Waals surface area (Å²) in [4.78, 5) is 32.8. The Morgan fingerprint density at radius 3 is 2.38 bits per heavy atom. The SMILES string of the molecule is C[C@H](NC(=O)C(=O)NCCN(C)C)[C@@H](c1cccs1)N1CCN(Cc2ccccc2)CC1. The molecule has 2 N–H and O–H groups in total. The van der Waals surface area contributed by atoms with Crippen LogP contribution in [0.5, 0.6) is 0 Å². The summed E-state index contributed by atoms with van der Waals surface area (Å²) < 4.78 is 0. The number of thiophene rings is 1. The third-order valence-electron chi connectivity index (χ3n) is 5.77. The summed E-state index contributed by atoms with van der Waals surface area (Å²) in [5, 5.41) is 7.70. The van der Waals surface area contributed by atoms with Crippen molar-refractivity contribution in [2.75, 3.05) is 53.4 Å². The van der Waals surface area contributed by atoms with Crippen LogP contribution in [0.1, 0.15) is 23.4 Å². The van der Waals surface area contributed by atoms with Crippen LogP contribution < -0.4 is 10.6 Å². The van der Waals surface area contributed by atoms with E-state index in [2.05, 4.69) is 56.1 Å². The number of carbonyl (C=O) groups excluding carboxylic acids is 2. The molecule has 2 atom stereocenters. The topological polar surface area (TPSA) is 67.9 Å². The first-order valence-electron chi connectivity index (χ1n) is 11.2. The van der Waals surface area contributed by atoms with Crippen molar-refractivity contribution in [2.24, 2.45) is 0 Å². The lowest BCUT2D eigenvalue weighted by molar-refractivity contribution is -0.139. The Balaban J connectivity index is 1.57. The van der Waals surface area contributed by atoms with E-state index in [0.717, 1.165) is 32.7 Å². The predicted molar refractivity (Wildman–Crippen MR) is 130 cm³/mol. The molecule has 2 heterocycles. The van der Waals surface area contributed by atoms with Crippen LogP contribution >= 0.6 is 11.3 Å². The maximum atomic E-state index is 12.5. The molecule has 1 fully saturated rings. The number of rotatable bonds is 9. The molecule has 0 saturated carbocycles. The summed E-state index contributed by atoms with van der Waals surface area (Å²) in [6.07, 6.45) is 0. The summed E-state index contributed by atoms with van der Waals surface area (Å²) in [5.74, 6) is -1.14. The molecule has 0 unspecified atom stereocenters. The molecule has 1 saturated heterocycles. The van der Waals surface area contributed by atoms with Gasteiger partial charge >= 0.3 is 11.8 Å². The predicted octanol–water partition coefficient (Wildman–Crippen LogP) is 1.79. The fourth-order valence-corrected chi connectivity index (χ4v) is 5.03. The van der Waals surface area contributed by atoms with Crippen LogP contribution in [0.25, 0.3) is 0 Å². The number of hydrogen-bond acceptors (Lipinski definition) is 6. The molecule has 3 rings (SSSR count). The first-order chi connectivity index (χ1) is 15.4. The fourth-order valence-electron chi connectivity index (χ4n) is 4.07. The van der Waals surface area contributed by atoms with Crippen molar-refractivity contribution >= 4 is 23.2 Å². The van der Waals surface area contributed by atoms with Crippen LogP contribution in [-0.4, -0.2) is 85.9 Å². The number of likely N-dealkylation sites (N-methyl/N-ethyl adjacent to an activating group) is 1. The summed E-state index contributed by atoms with van der Waals surface area (Å²) in [6, 6.07) is 14.6. The standard InChI is InChI=1S/C24H35N5O2S/c1-19(26-24(31)23(30)25-11-12-27(2)3)22(21-10-7-17-32-21)29-15-13-28(14-16-29)18-20-8-5-4-6-9-20/h4-10,17,19,22H,11-16,18H2,1-3H3,(H,25,30)(H,26,31)/t19-,22-/m0/s1. The molecular formula is C24H35N5O2S. The van der Waals surface area contributed by atoms with Crippen LogP contribution in [0.2, 0.25) is 0 Å². The maximum absolute atomic E-state index is 12.5. The molecule has 0 bridgehead atoms. The van der Waals surface area contributed by atoms with Crippen molar-refractivity contribution in [1.82, 2.24) is 25.3 Å². The lowest BCUT2D eigenvalue weighted by Gasteiger charge is -2.41. The molecule has 1 aliphatic heterocycles. The molecular weight excluding hydrogens is 422 g/mol. The van der Waals surface area contributed by atoms with Gasteiger partial charge in [0.2, 0.25) is 0 Å². The van der Waals surface area contributed by atoms with E-state index in [0.29, 0.717) is 13.1 Å². The zero-order chi connectivity index (χ0) is 22.9. The van der Waals surface area contributed by atoms with Gasteiger partial charge in [-0.15, -0.1) is 11.3 Å². The van der Waals surface area contributed by atoms with Gasteiger partial charge in [0.1, 0.15) is 0 Å². The van der Waals surface area contributed by atoms with E-state index < -0.39 is 11.8 Å². The fraction of sp³-hybridized carbons (Fsp3) is 0.500. The normalized spacial score (nSPS) is 17.1. The Morgan fingerprint density at radius 2 is 1.75 bits per heavy atom. The average molecular weight is 458 g/mol. The highest BCUT2D eigenvalue weighted by molar-refractivity contribution is 7.10. The van der Waals surface area contributed by atoms with E-state index in [-0.39, 0.29) is 12.1 Å². The van der Waals surface area contributed by atoms with E-state index in [1.165, 1.54) is 10.4 Å². The van der Waals surface area contributed by atoms with Crippen molar-refractivity contribution in [3.63, 3.8) is 0 Å². The van der Waals surface area contributed by atoms with Crippen molar-refractivity contribution in [1.29, 1.82) is 0 Å². The Kier molecular flexibility index (Phi) is 9.23. The number of benzene rings is 1. The smallest absolute Gasteiger partial charge is 0.309 e. The number of nitrogens with zero attached hydrogens (tertiary/aromatic N) is 3. The lowest BCUT2D eigenvalue weighted by Crippen LogP contribution is -2.53. The molecule has 1 aromatic carbocycles. The quantitative estimate of drug-likeness (QED) is 0.562. The first-order valence-corrected chi connectivity index (χ1v) is 12.1. The number of carbonyl (C=O) groups is 2. The molecule has 1 aromatic heterocycles. The van der Waals surface area contributed by atoms with Gasteiger partial charge < -0.3 is 15.5 Å². The van der Waals surface area contributed by atoms with Crippen molar-refractivity contribution in [3.8, 4) is 0 Å². The van der Waals surface area contributed by atoms with Gasteiger partial charge in [0.15, 0.2) is 0 Å². The van der Waals surface area contributed by atoms with Gasteiger partial charge in [-0.3, -0.25) is 19.4 Å². The number of piperazine rings is 1. The van der Waals surface area contributed by atoms with Gasteiger partial charge in [-0.1, -0.05) is 36.4 Å². The Hall–Kier alpha value is -2.26. The van der Waals surface area contributed by atoms with E-state index in [1.54, 1.807) is 11.3 Å². The van der Waals surface area contributed by atoms with Gasteiger partial charge in [0.25, 0.3) is 0 Å². The van der Waals surface area contributed by atoms with Crippen molar-refractivity contribution in [3.05, 3.63) is 58.3 Å². The van der Waals surface area contributed by atoms with Gasteiger partial charge in [0, 0.05) is 56.7 Å². The lowest BCUT2D eigenvalue weighted by atomic mass is 10.0. The summed E-state index contributed by atoms with van der Waals surface area (Å²) in [5.41, 5.74) is 1.33. The molecule has 0 spiro atoms. The summed E-state index contributed by atoms with van der Waals surface area (Å²) in [7, 11) is 3.86. The monoisotopic (exact) mass is 457 g/mol. The van der Waals surface area contributed by atoms with E-state index >= 15 is 0 Å². The third-order valence-corrected chi connectivity index (χ3v) is 6.71. The maximum Gasteiger partial charge on any atom is 0.309 e. The minimum absolute atomic E-state index is 0.0485. The van der Waals surface area contributed by atoms with Crippen molar-refractivity contribution in [2.45, 2.75) is 25.6 Å². The highest BCUT2D eigenvalue weighted by Gasteiger charge is 2.31. The second-order valence-electron chi connectivity index (χ2n) is 8.58. The summed E-state index contributed by atoms with van der Waals surface area (Å²) >= 11 is 1.70. The Bertz CT molecular complexity index is 835. The van der Waals surface area contributed by atoms with E-state index in [1.807, 2.05) is 38.1 Å². The molecule has 1 aliphatic rings. The highest BCUT2D eigenvalue weighted by Crippen LogP contribution is 2.29. The minimum atomic E-state index is -0.573. The molecule has 0 radical (unpaired) electrons. The molecule has 2 aromatic rings. The van der Waals surface area contributed by atoms with Crippen LogP contribution in [0, 0.1) is 0 Å². The molecule has 7 nitrogen and oxygen atoms in total. The van der Waals surface area contributed by atoms with Gasteiger partial charge in [-0.25, -0.2) is 0 Å². The largest absolute Gasteiger partial charge is 0.347 e. The number of hydrogen-bond donors (Lipinski definition) is 2. The minimum Gasteiger partial charge on any atom is -0.347 e. The number of nitrogens with one attached hydrogen (secondary N) is 2. The molecule has 2 amide bonds. The van der Waals surface area contributed by atoms with Crippen LogP contribution in [0.15, 0.2) is 47.8 Å². The molecule has 8 heteroatoms. The van der Waals surface area contributed by atoms with Crippen LogP contribution in [0.3, 0.4) is 0 Å². The van der Waals surface area contributed by atoms with Crippen LogP contribution in [-0.2, 0) is 16.1 Å². The first kappa shape index (κ1) is 24.4. The van der Waals surface area contributed by atoms with E-state index in [9.17, 15) is 9.59 Å². The molecule has 0 aliphatic carbocycles. The van der Waals surface area contributed by atoms with Crippen molar-refractivity contribution < 1.29 is 9.59 Å². The van der Waals surface area contributed by atoms with Gasteiger partial charge in [0.05, 0.1) is 6.04 Å². The Morgan fingerprint density at radius 1 is 1.03 bits per heavy atom. The second kappa shape index (κ2) is 12.1. The van der Waals surface area contributed by atoms with E-state index in [4.69, 9.17) is 0 Å². The van der Waals surface area contributed by atoms with Crippen LogP contribution in [0.4, 0.5) is 0 Å². The number of amides is 2. The van der Waals surface area contributed by atoms with Gasteiger partial charge in [-0.05, 0) is 38.0 Å². The third kappa shape index (κ3) is 7.13. The zero-order valence-corrected chi connectivity index (χ0v) is 20.1. The second-order valence-corrected chi connectivity index (χ2v) is 9.56. The van der Waals surface area contributed by atoms with Gasteiger partial charge in [-0.2, -0.15) is 0 Å². The summed E-state index contributed by atoms with van der Waals surface area (Å²) in [6.45, 7) is 7.88. The average Bonchev–Trinajstić information content (AvgIpc) is 3.29.